The van der Waals surface area contributed by atoms with Gasteiger partial charge >= 0.3 is 0 Å². The summed E-state index contributed by atoms with van der Waals surface area (Å²) in [7, 11) is 0. The average Bonchev–Trinajstić information content (AvgIpc) is 3.56. The van der Waals surface area contributed by atoms with Crippen molar-refractivity contribution in [1.82, 2.24) is 9.97 Å². The van der Waals surface area contributed by atoms with Gasteiger partial charge < -0.3 is 9.32 Å². The fourth-order valence-electron chi connectivity index (χ4n) is 6.62. The monoisotopic (exact) mass is 615 g/mol. The Kier molecular flexibility index (Phi) is 6.76. The number of anilines is 3. The van der Waals surface area contributed by atoms with Gasteiger partial charge in [-0.05, 0) is 59.7 Å². The molecule has 9 rings (SSSR count). The van der Waals surface area contributed by atoms with E-state index in [1.165, 1.54) is 11.1 Å². The zero-order valence-corrected chi connectivity index (χ0v) is 26.0. The largest absolute Gasteiger partial charge is 0.455 e. The van der Waals surface area contributed by atoms with E-state index < -0.39 is 0 Å². The smallest absolute Gasteiger partial charge is 0.164 e. The van der Waals surface area contributed by atoms with Crippen LogP contribution in [0.5, 0.6) is 0 Å². The Morgan fingerprint density at radius 2 is 1.02 bits per heavy atom. The van der Waals surface area contributed by atoms with Crippen LogP contribution >= 0.6 is 0 Å². The number of furan rings is 1. The molecule has 2 heterocycles. The van der Waals surface area contributed by atoms with Crippen LogP contribution in [0.4, 0.5) is 17.1 Å². The average molecular weight is 616 g/mol. The van der Waals surface area contributed by atoms with Crippen LogP contribution in [0.25, 0.3) is 66.6 Å². The lowest BCUT2D eigenvalue weighted by Gasteiger charge is -2.26. The summed E-state index contributed by atoms with van der Waals surface area (Å²) in [4.78, 5) is 12.6. The normalized spacial score (nSPS) is 11.3. The molecule has 0 saturated heterocycles. The van der Waals surface area contributed by atoms with Crippen molar-refractivity contribution in [2.45, 2.75) is 0 Å². The maximum absolute atomic E-state index is 6.73. The van der Waals surface area contributed by atoms with Crippen molar-refractivity contribution >= 4 is 49.9 Å². The van der Waals surface area contributed by atoms with Gasteiger partial charge in [0.15, 0.2) is 5.82 Å². The molecule has 0 N–H and O–H groups in total. The number of hydrogen-bond donors (Lipinski definition) is 0. The highest BCUT2D eigenvalue weighted by atomic mass is 16.3. The van der Waals surface area contributed by atoms with Crippen molar-refractivity contribution in [2.75, 3.05) is 4.90 Å². The van der Waals surface area contributed by atoms with E-state index in [4.69, 9.17) is 14.4 Å². The Morgan fingerprint density at radius 1 is 0.438 bits per heavy atom. The molecule has 0 radical (unpaired) electrons. The number of hydrogen-bond acceptors (Lipinski definition) is 4. The summed E-state index contributed by atoms with van der Waals surface area (Å²) in [5.41, 5.74) is 10.7. The van der Waals surface area contributed by atoms with Crippen LogP contribution < -0.4 is 4.90 Å². The van der Waals surface area contributed by atoms with E-state index >= 15 is 0 Å². The molecule has 7 aromatic carbocycles. The highest BCUT2D eigenvalue weighted by Gasteiger charge is 2.23. The van der Waals surface area contributed by atoms with E-state index in [9.17, 15) is 0 Å². The van der Waals surface area contributed by atoms with Crippen molar-refractivity contribution in [1.29, 1.82) is 0 Å². The highest BCUT2D eigenvalue weighted by Crippen LogP contribution is 2.46. The van der Waals surface area contributed by atoms with Gasteiger partial charge in [0.25, 0.3) is 0 Å². The quantitative estimate of drug-likeness (QED) is 0.187. The second kappa shape index (κ2) is 11.7. The van der Waals surface area contributed by atoms with Crippen LogP contribution in [0.15, 0.2) is 180 Å². The number of aromatic nitrogens is 2. The summed E-state index contributed by atoms with van der Waals surface area (Å²) in [6, 6.07) is 60.7. The lowest BCUT2D eigenvalue weighted by atomic mass is 10.0. The first-order valence-corrected chi connectivity index (χ1v) is 16.1. The first-order chi connectivity index (χ1) is 23.8. The third kappa shape index (κ3) is 4.79. The predicted octanol–water partition coefficient (Wildman–Crippen LogP) is 12.0. The minimum atomic E-state index is 0.627. The molecule has 2 aromatic heterocycles. The fourth-order valence-corrected chi connectivity index (χ4v) is 6.62. The predicted molar refractivity (Wildman–Crippen MR) is 198 cm³/mol. The number of rotatable bonds is 6. The van der Waals surface area contributed by atoms with Crippen LogP contribution in [0.3, 0.4) is 0 Å². The summed E-state index contributed by atoms with van der Waals surface area (Å²) in [5, 5.41) is 3.06. The molecule has 0 unspecified atom stereocenters. The molecule has 0 fully saturated rings. The maximum Gasteiger partial charge on any atom is 0.164 e. The van der Waals surface area contributed by atoms with Crippen molar-refractivity contribution in [2.24, 2.45) is 0 Å². The molecule has 0 atom stereocenters. The van der Waals surface area contributed by atoms with E-state index in [-0.39, 0.29) is 0 Å². The van der Waals surface area contributed by atoms with Gasteiger partial charge in [0.05, 0.1) is 27.8 Å². The molecule has 0 spiro atoms. The zero-order chi connectivity index (χ0) is 31.9. The van der Waals surface area contributed by atoms with Gasteiger partial charge in [0, 0.05) is 27.7 Å². The minimum Gasteiger partial charge on any atom is -0.455 e. The van der Waals surface area contributed by atoms with E-state index in [0.29, 0.717) is 5.82 Å². The second-order valence-corrected chi connectivity index (χ2v) is 11.8. The van der Waals surface area contributed by atoms with Crippen LogP contribution in [-0.2, 0) is 0 Å². The lowest BCUT2D eigenvalue weighted by Crippen LogP contribution is -2.10. The molecule has 0 aliphatic carbocycles. The van der Waals surface area contributed by atoms with E-state index in [1.807, 2.05) is 60.7 Å². The van der Waals surface area contributed by atoms with Crippen molar-refractivity contribution in [3.63, 3.8) is 0 Å². The Labute approximate surface area is 278 Å². The van der Waals surface area contributed by atoms with E-state index in [1.54, 1.807) is 0 Å². The summed E-state index contributed by atoms with van der Waals surface area (Å²) in [6.07, 6.45) is 0. The number of para-hydroxylation sites is 3. The van der Waals surface area contributed by atoms with Crippen molar-refractivity contribution in [3.05, 3.63) is 176 Å². The molecule has 0 amide bonds. The molecule has 9 aromatic rings. The summed E-state index contributed by atoms with van der Waals surface area (Å²) < 4.78 is 6.73. The molecule has 226 valence electrons. The van der Waals surface area contributed by atoms with Gasteiger partial charge in [-0.2, -0.15) is 0 Å². The molecule has 0 saturated carbocycles. The van der Waals surface area contributed by atoms with Gasteiger partial charge in [-0.1, -0.05) is 127 Å². The molecule has 0 aliphatic heterocycles. The Balaban J connectivity index is 1.28. The van der Waals surface area contributed by atoms with Gasteiger partial charge in [0.2, 0.25) is 0 Å². The lowest BCUT2D eigenvalue weighted by molar-refractivity contribution is 0.669. The van der Waals surface area contributed by atoms with Gasteiger partial charge in [-0.15, -0.1) is 0 Å². The maximum atomic E-state index is 6.73. The Bertz CT molecular complexity index is 2540. The summed E-state index contributed by atoms with van der Waals surface area (Å²) in [6.45, 7) is 0. The molecule has 0 bridgehead atoms. The van der Waals surface area contributed by atoms with Gasteiger partial charge in [-0.3, -0.25) is 0 Å². The van der Waals surface area contributed by atoms with Crippen LogP contribution in [-0.4, -0.2) is 9.97 Å². The Hall–Kier alpha value is -6.52. The van der Waals surface area contributed by atoms with E-state index in [2.05, 4.69) is 120 Å². The molecular formula is C44H29N3O. The highest BCUT2D eigenvalue weighted by molar-refractivity contribution is 6.17. The topological polar surface area (TPSA) is 42.2 Å². The Morgan fingerprint density at radius 3 is 1.77 bits per heavy atom. The molecule has 48 heavy (non-hydrogen) atoms. The number of fused-ring (bicyclic) bond motifs is 4. The third-order valence-electron chi connectivity index (χ3n) is 8.88. The molecule has 4 heteroatoms. The fraction of sp³-hybridized carbons (Fsp3) is 0. The zero-order valence-electron chi connectivity index (χ0n) is 26.0. The van der Waals surface area contributed by atoms with Gasteiger partial charge in [-0.25, -0.2) is 9.97 Å². The molecular weight excluding hydrogens is 587 g/mol. The SMILES string of the molecule is c1ccc(-c2ccc(N(c3ccccc3)c3ccc(-c4nc(-c5ccccc5)c5ccccc5n4)c4oc5ccccc5c34)cc2)cc1. The third-order valence-corrected chi connectivity index (χ3v) is 8.88. The van der Waals surface area contributed by atoms with Crippen LogP contribution in [0.1, 0.15) is 0 Å². The van der Waals surface area contributed by atoms with Crippen LogP contribution in [0, 0.1) is 0 Å². The first kappa shape index (κ1) is 27.8. The second-order valence-electron chi connectivity index (χ2n) is 11.8. The molecule has 4 nitrogen and oxygen atoms in total. The summed E-state index contributed by atoms with van der Waals surface area (Å²) >= 11 is 0. The number of benzene rings is 7. The van der Waals surface area contributed by atoms with E-state index in [0.717, 1.165) is 66.7 Å². The first-order valence-electron chi connectivity index (χ1n) is 16.1. The standard InChI is InChI=1S/C44H29N3O/c1-4-14-30(15-5-1)31-24-26-34(27-25-31)47(33-18-8-3-9-19-33)39-29-28-37(43-41(39)36-21-11-13-23-40(36)48-43)44-45-38-22-12-10-20-35(38)42(46-44)32-16-6-2-7-17-32/h1-29H. The van der Waals surface area contributed by atoms with Crippen LogP contribution in [0.2, 0.25) is 0 Å². The summed E-state index contributed by atoms with van der Waals surface area (Å²) in [5.74, 6) is 0.627. The van der Waals surface area contributed by atoms with Gasteiger partial charge in [0.1, 0.15) is 11.2 Å². The molecule has 0 aliphatic rings. The van der Waals surface area contributed by atoms with Crippen molar-refractivity contribution in [3.8, 4) is 33.8 Å². The minimum absolute atomic E-state index is 0.627. The number of nitrogens with zero attached hydrogens (tertiary/aromatic N) is 3. The van der Waals surface area contributed by atoms with Crippen molar-refractivity contribution < 1.29 is 4.42 Å².